The third-order valence-electron chi connectivity index (χ3n) is 5.89. The summed E-state index contributed by atoms with van der Waals surface area (Å²) in [7, 11) is 0. The summed E-state index contributed by atoms with van der Waals surface area (Å²) in [5.41, 5.74) is 19.8. The highest BCUT2D eigenvalue weighted by Crippen LogP contribution is 2.32. The van der Waals surface area contributed by atoms with Crippen LogP contribution in [0, 0.1) is 0 Å². The lowest BCUT2D eigenvalue weighted by Crippen LogP contribution is -2.68. The van der Waals surface area contributed by atoms with Crippen LogP contribution in [-0.4, -0.2) is 88.2 Å². The number of nitrogens with zero attached hydrogens (tertiary/aromatic N) is 2. The van der Waals surface area contributed by atoms with Crippen molar-refractivity contribution in [2.24, 2.45) is 27.9 Å². The molecule has 14 heteroatoms. The van der Waals surface area contributed by atoms with Crippen molar-refractivity contribution in [3.05, 3.63) is 0 Å². The molecular weight excluding hydrogens is 460 g/mol. The second-order valence-corrected chi connectivity index (χ2v) is 8.66. The number of rotatable bonds is 15. The normalized spacial score (nSPS) is 19.9. The molecule has 0 saturated carbocycles. The lowest BCUT2D eigenvalue weighted by molar-refractivity contribution is -0.156. The molecule has 1 aliphatic heterocycles. The molecular formula is C21H40N8O6. The number of nitrogens with two attached hydrogens (primary N) is 4. The maximum atomic E-state index is 13.5. The van der Waals surface area contributed by atoms with E-state index in [-0.39, 0.29) is 44.7 Å². The second-order valence-electron chi connectivity index (χ2n) is 8.66. The van der Waals surface area contributed by atoms with Gasteiger partial charge in [0.05, 0.1) is 6.10 Å². The Morgan fingerprint density at radius 3 is 2.31 bits per heavy atom. The van der Waals surface area contributed by atoms with Gasteiger partial charge in [-0.25, -0.2) is 4.79 Å². The van der Waals surface area contributed by atoms with E-state index in [4.69, 9.17) is 22.9 Å². The van der Waals surface area contributed by atoms with Crippen molar-refractivity contribution < 1.29 is 29.4 Å². The van der Waals surface area contributed by atoms with Crippen LogP contribution in [0.1, 0.15) is 58.3 Å². The molecule has 0 radical (unpaired) electrons. The molecule has 0 bridgehead atoms. The van der Waals surface area contributed by atoms with E-state index in [1.165, 1.54) is 11.8 Å². The van der Waals surface area contributed by atoms with E-state index in [0.29, 0.717) is 25.8 Å². The number of aliphatic carboxylic acids is 1. The van der Waals surface area contributed by atoms with Gasteiger partial charge in [0.15, 0.2) is 5.96 Å². The first-order valence-electron chi connectivity index (χ1n) is 11.8. The zero-order valence-electron chi connectivity index (χ0n) is 20.2. The van der Waals surface area contributed by atoms with Crippen molar-refractivity contribution in [2.75, 3.05) is 19.6 Å². The second kappa shape index (κ2) is 14.4. The molecule has 0 aliphatic carbocycles. The number of aliphatic hydroxyl groups excluding tert-OH is 1. The first-order chi connectivity index (χ1) is 16.5. The van der Waals surface area contributed by atoms with Gasteiger partial charge in [-0.05, 0) is 52.0 Å². The lowest BCUT2D eigenvalue weighted by atomic mass is 9.91. The largest absolute Gasteiger partial charge is 0.480 e. The predicted octanol–water partition coefficient (Wildman–Crippen LogP) is -2.73. The first kappa shape index (κ1) is 30.1. The van der Waals surface area contributed by atoms with Gasteiger partial charge >= 0.3 is 5.97 Å². The Balaban J connectivity index is 3.16. The van der Waals surface area contributed by atoms with E-state index in [2.05, 4.69) is 15.6 Å². The van der Waals surface area contributed by atoms with Crippen molar-refractivity contribution in [1.82, 2.24) is 15.5 Å². The van der Waals surface area contributed by atoms with Gasteiger partial charge in [0.1, 0.15) is 12.2 Å². The lowest BCUT2D eigenvalue weighted by Gasteiger charge is -2.37. The van der Waals surface area contributed by atoms with E-state index < -0.39 is 47.5 Å². The maximum Gasteiger partial charge on any atom is 0.326 e. The third kappa shape index (κ3) is 8.64. The maximum absolute atomic E-state index is 13.5. The first-order valence-corrected chi connectivity index (χ1v) is 11.8. The van der Waals surface area contributed by atoms with E-state index in [9.17, 15) is 29.4 Å². The molecule has 2 unspecified atom stereocenters. The minimum absolute atomic E-state index is 0.00419. The molecule has 0 aromatic carbocycles. The highest BCUT2D eigenvalue weighted by atomic mass is 16.4. The summed E-state index contributed by atoms with van der Waals surface area (Å²) >= 11 is 0. The summed E-state index contributed by atoms with van der Waals surface area (Å²) < 4.78 is 0. The Hall–Kier alpha value is -2.97. The number of hydrogen-bond acceptors (Lipinski definition) is 8. The zero-order chi connectivity index (χ0) is 26.6. The minimum Gasteiger partial charge on any atom is -0.480 e. The monoisotopic (exact) mass is 500 g/mol. The number of nitrogens with one attached hydrogen (secondary N) is 2. The van der Waals surface area contributed by atoms with Gasteiger partial charge in [-0.1, -0.05) is 6.42 Å². The summed E-state index contributed by atoms with van der Waals surface area (Å²) in [5.74, 6) is -3.65. The van der Waals surface area contributed by atoms with Crippen LogP contribution < -0.4 is 33.6 Å². The molecule has 14 nitrogen and oxygen atoms in total. The van der Waals surface area contributed by atoms with Crippen LogP contribution in [0.2, 0.25) is 0 Å². The van der Waals surface area contributed by atoms with Crippen LogP contribution in [0.15, 0.2) is 4.99 Å². The quantitative estimate of drug-likeness (QED) is 0.0378. The molecule has 1 aliphatic rings. The standard InChI is InChI=1S/C21H40N8O6/c1-13(30)16(23)28-19(35)21(9-6-12-29(21)15(31)8-3-2-4-10-22)18(34)27-14(17(32)33)7-5-11-26-20(24)25/h13-14,16,30H,2-12,22-23H2,1H3,(H,27,34)(H,28,35)(H,32,33)(H4,24,25,26)/t13?,14-,16?,21-/m0/s1. The fourth-order valence-corrected chi connectivity index (χ4v) is 3.89. The van der Waals surface area contributed by atoms with Crippen LogP contribution in [0.5, 0.6) is 0 Å². The molecule has 0 aromatic heterocycles. The Morgan fingerprint density at radius 2 is 1.74 bits per heavy atom. The van der Waals surface area contributed by atoms with Crippen LogP contribution in [0.3, 0.4) is 0 Å². The number of aliphatic imine (C=N–C) groups is 1. The Labute approximate surface area is 204 Å². The number of guanidine groups is 1. The Bertz CT molecular complexity index is 773. The Morgan fingerprint density at radius 1 is 1.09 bits per heavy atom. The third-order valence-corrected chi connectivity index (χ3v) is 5.89. The number of hydrogen-bond donors (Lipinski definition) is 8. The van der Waals surface area contributed by atoms with E-state index in [1.807, 2.05) is 0 Å². The van der Waals surface area contributed by atoms with Crippen molar-refractivity contribution >= 4 is 29.7 Å². The van der Waals surface area contributed by atoms with Crippen molar-refractivity contribution in [1.29, 1.82) is 0 Å². The van der Waals surface area contributed by atoms with Gasteiger partial charge in [-0.15, -0.1) is 0 Å². The molecule has 0 aromatic rings. The molecule has 200 valence electrons. The molecule has 1 fully saturated rings. The van der Waals surface area contributed by atoms with E-state index in [1.54, 1.807) is 0 Å². The summed E-state index contributed by atoms with van der Waals surface area (Å²) in [5, 5.41) is 24.1. The van der Waals surface area contributed by atoms with Crippen molar-refractivity contribution in [3.63, 3.8) is 0 Å². The van der Waals surface area contributed by atoms with E-state index in [0.717, 1.165) is 6.42 Å². The highest BCUT2D eigenvalue weighted by Gasteiger charge is 2.56. The average molecular weight is 501 g/mol. The van der Waals surface area contributed by atoms with Gasteiger partial charge in [0.2, 0.25) is 11.4 Å². The number of amides is 3. The molecule has 1 saturated heterocycles. The highest BCUT2D eigenvalue weighted by molar-refractivity contribution is 6.13. The van der Waals surface area contributed by atoms with Gasteiger partial charge in [0, 0.05) is 19.5 Å². The van der Waals surface area contributed by atoms with Crippen LogP contribution >= 0.6 is 0 Å². The van der Waals surface area contributed by atoms with Crippen molar-refractivity contribution in [2.45, 2.75) is 82.1 Å². The van der Waals surface area contributed by atoms with Crippen LogP contribution in [0.25, 0.3) is 0 Å². The zero-order valence-corrected chi connectivity index (χ0v) is 20.2. The number of carboxylic acid groups (broad SMARTS) is 1. The molecule has 4 atom stereocenters. The smallest absolute Gasteiger partial charge is 0.326 e. The fourth-order valence-electron chi connectivity index (χ4n) is 3.89. The van der Waals surface area contributed by atoms with Gasteiger partial charge in [-0.3, -0.25) is 19.4 Å². The topological polar surface area (TPSA) is 252 Å². The molecule has 1 heterocycles. The van der Waals surface area contributed by atoms with Gasteiger partial charge < -0.3 is 48.7 Å². The van der Waals surface area contributed by atoms with Crippen LogP contribution in [0.4, 0.5) is 0 Å². The summed E-state index contributed by atoms with van der Waals surface area (Å²) in [6, 6.07) is -1.34. The van der Waals surface area contributed by atoms with E-state index >= 15 is 0 Å². The number of carbonyl (C=O) groups is 4. The predicted molar refractivity (Wildman–Crippen MR) is 128 cm³/mol. The summed E-state index contributed by atoms with van der Waals surface area (Å²) in [6.07, 6.45) is 0.350. The number of aliphatic hydroxyl groups is 1. The number of likely N-dealkylation sites (tertiary alicyclic amines) is 1. The summed E-state index contributed by atoms with van der Waals surface area (Å²) in [4.78, 5) is 56.6. The SMILES string of the molecule is CC(O)C(N)NC(=O)[C@@]1(C(=O)N[C@@H](CCCN=C(N)N)C(=O)O)CCCN1C(=O)CCCCCN. The minimum atomic E-state index is -2.00. The molecule has 1 rings (SSSR count). The number of carbonyl (C=O) groups excluding carboxylic acids is 3. The Kier molecular flexibility index (Phi) is 12.4. The average Bonchev–Trinajstić information content (AvgIpc) is 3.24. The van der Waals surface area contributed by atoms with Crippen LogP contribution in [-0.2, 0) is 19.2 Å². The number of unbranched alkanes of at least 4 members (excludes halogenated alkanes) is 2. The van der Waals surface area contributed by atoms with Gasteiger partial charge in [-0.2, -0.15) is 0 Å². The molecule has 3 amide bonds. The fraction of sp³-hybridized carbons (Fsp3) is 0.762. The molecule has 12 N–H and O–H groups in total. The summed E-state index contributed by atoms with van der Waals surface area (Å²) in [6.45, 7) is 2.15. The molecule has 0 spiro atoms. The van der Waals surface area contributed by atoms with Crippen molar-refractivity contribution in [3.8, 4) is 0 Å². The van der Waals surface area contributed by atoms with Gasteiger partial charge in [0.25, 0.3) is 11.8 Å². The number of carboxylic acids is 1. The molecule has 35 heavy (non-hydrogen) atoms.